The van der Waals surface area contributed by atoms with Crippen molar-refractivity contribution in [3.05, 3.63) is 28.7 Å². The van der Waals surface area contributed by atoms with E-state index in [0.717, 1.165) is 0 Å². The first-order valence-corrected chi connectivity index (χ1v) is 5.99. The van der Waals surface area contributed by atoms with Gasteiger partial charge in [-0.25, -0.2) is 4.98 Å². The molecule has 0 radical (unpaired) electrons. The summed E-state index contributed by atoms with van der Waals surface area (Å²) in [5.41, 5.74) is 0.438. The summed E-state index contributed by atoms with van der Waals surface area (Å²) in [6.07, 6.45) is 1.50. The second-order valence-electron chi connectivity index (χ2n) is 4.19. The molecule has 0 aliphatic carbocycles. The second kappa shape index (κ2) is 5.63. The third-order valence-corrected chi connectivity index (χ3v) is 2.94. The molecular weight excluding hydrogens is 266 g/mol. The van der Waals surface area contributed by atoms with Gasteiger partial charge in [0.05, 0.1) is 10.6 Å². The summed E-state index contributed by atoms with van der Waals surface area (Å²) < 4.78 is 0. The number of nitrogens with one attached hydrogen (secondary N) is 1. The van der Waals surface area contributed by atoms with Gasteiger partial charge in [-0.15, -0.1) is 10.2 Å². The van der Waals surface area contributed by atoms with E-state index in [4.69, 9.17) is 16.9 Å². The average Bonchev–Trinajstić information content (AvgIpc) is 2.92. The zero-order valence-corrected chi connectivity index (χ0v) is 11.3. The highest BCUT2D eigenvalue weighted by atomic mass is 35.5. The normalized spacial score (nSPS) is 11.9. The topological polar surface area (TPSA) is 94.4 Å². The van der Waals surface area contributed by atoms with Crippen molar-refractivity contribution < 1.29 is 0 Å². The van der Waals surface area contributed by atoms with Crippen molar-refractivity contribution in [1.82, 2.24) is 25.6 Å². The maximum Gasteiger partial charge on any atom is 0.179 e. The van der Waals surface area contributed by atoms with Crippen LogP contribution in [-0.2, 0) is 0 Å². The molecule has 2 aromatic rings. The van der Waals surface area contributed by atoms with E-state index in [1.807, 2.05) is 24.9 Å². The molecule has 0 aliphatic rings. The number of nitrogens with zero attached hydrogens (tertiary/aromatic N) is 6. The Kier molecular flexibility index (Phi) is 3.92. The molecule has 0 amide bonds. The fraction of sp³-hybridized carbons (Fsp3) is 0.364. The summed E-state index contributed by atoms with van der Waals surface area (Å²) in [6, 6.07) is 3.60. The van der Waals surface area contributed by atoms with Crippen LogP contribution in [0.4, 0.5) is 5.82 Å². The lowest BCUT2D eigenvalue weighted by atomic mass is 10.1. The molecule has 0 aromatic carbocycles. The standard InChI is InChI=1S/C11H12ClN7/c1-7(10-15-17-18-16-10)6-19(2)11-9(12)3-8(4-13)5-14-11/h3,5,7H,6H2,1-2H3,(H,15,16,17,18). The third kappa shape index (κ3) is 2.98. The number of H-pyrrole nitrogens is 1. The molecule has 1 atom stereocenters. The van der Waals surface area contributed by atoms with Crippen LogP contribution in [-0.4, -0.2) is 39.2 Å². The fourth-order valence-electron chi connectivity index (χ4n) is 1.73. The number of pyridine rings is 1. The molecule has 2 heterocycles. The quantitative estimate of drug-likeness (QED) is 0.907. The smallest absolute Gasteiger partial charge is 0.179 e. The molecule has 2 aromatic heterocycles. The van der Waals surface area contributed by atoms with Crippen LogP contribution in [0, 0.1) is 11.3 Å². The van der Waals surface area contributed by atoms with Crippen molar-refractivity contribution in [1.29, 1.82) is 5.26 Å². The zero-order chi connectivity index (χ0) is 13.8. The van der Waals surface area contributed by atoms with Crippen LogP contribution in [0.5, 0.6) is 0 Å². The SMILES string of the molecule is CC(CN(C)c1ncc(C#N)cc1Cl)c1nn[nH]n1. The van der Waals surface area contributed by atoms with E-state index in [1.54, 1.807) is 6.07 Å². The minimum Gasteiger partial charge on any atom is -0.358 e. The lowest BCUT2D eigenvalue weighted by Crippen LogP contribution is -2.24. The Labute approximate surface area is 115 Å². The number of halogens is 1. The summed E-state index contributed by atoms with van der Waals surface area (Å²) in [7, 11) is 1.87. The second-order valence-corrected chi connectivity index (χ2v) is 4.60. The summed E-state index contributed by atoms with van der Waals surface area (Å²) >= 11 is 6.11. The van der Waals surface area contributed by atoms with Gasteiger partial charge in [-0.05, 0) is 6.07 Å². The van der Waals surface area contributed by atoms with E-state index in [-0.39, 0.29) is 5.92 Å². The van der Waals surface area contributed by atoms with E-state index in [2.05, 4.69) is 25.6 Å². The van der Waals surface area contributed by atoms with Crippen LogP contribution < -0.4 is 4.90 Å². The average molecular weight is 278 g/mol. The number of aromatic amines is 1. The Hall–Kier alpha value is -2.20. The number of tetrazole rings is 1. The number of anilines is 1. The molecule has 1 N–H and O–H groups in total. The van der Waals surface area contributed by atoms with Gasteiger partial charge >= 0.3 is 0 Å². The van der Waals surface area contributed by atoms with Gasteiger partial charge in [0.25, 0.3) is 0 Å². The predicted molar refractivity (Wildman–Crippen MR) is 69.8 cm³/mol. The minimum absolute atomic E-state index is 0.0808. The molecule has 19 heavy (non-hydrogen) atoms. The third-order valence-electron chi connectivity index (χ3n) is 2.66. The van der Waals surface area contributed by atoms with Gasteiger partial charge in [-0.1, -0.05) is 23.7 Å². The fourth-order valence-corrected chi connectivity index (χ4v) is 2.04. The largest absolute Gasteiger partial charge is 0.358 e. The van der Waals surface area contributed by atoms with Gasteiger partial charge < -0.3 is 4.90 Å². The Morgan fingerprint density at radius 3 is 2.95 bits per heavy atom. The van der Waals surface area contributed by atoms with Crippen LogP contribution in [0.3, 0.4) is 0 Å². The van der Waals surface area contributed by atoms with Crippen LogP contribution in [0.15, 0.2) is 12.3 Å². The zero-order valence-electron chi connectivity index (χ0n) is 10.5. The number of hydrogen-bond acceptors (Lipinski definition) is 6. The Morgan fingerprint density at radius 2 is 2.37 bits per heavy atom. The molecule has 0 bridgehead atoms. The van der Waals surface area contributed by atoms with Gasteiger partial charge in [-0.3, -0.25) is 0 Å². The van der Waals surface area contributed by atoms with Crippen molar-refractivity contribution in [2.24, 2.45) is 0 Å². The first kappa shape index (κ1) is 13.2. The van der Waals surface area contributed by atoms with E-state index in [0.29, 0.717) is 28.8 Å². The highest BCUT2D eigenvalue weighted by molar-refractivity contribution is 6.33. The molecule has 1 unspecified atom stereocenters. The summed E-state index contributed by atoms with van der Waals surface area (Å²) in [6.45, 7) is 2.62. The van der Waals surface area contributed by atoms with Crippen molar-refractivity contribution in [2.75, 3.05) is 18.5 Å². The molecule has 0 saturated carbocycles. The molecule has 0 spiro atoms. The molecule has 8 heteroatoms. The Bertz CT molecular complexity index is 590. The van der Waals surface area contributed by atoms with Crippen molar-refractivity contribution >= 4 is 17.4 Å². The van der Waals surface area contributed by atoms with Crippen molar-refractivity contribution in [2.45, 2.75) is 12.8 Å². The number of rotatable bonds is 4. The number of hydrogen-bond donors (Lipinski definition) is 1. The van der Waals surface area contributed by atoms with Crippen LogP contribution in [0.2, 0.25) is 5.02 Å². The van der Waals surface area contributed by atoms with E-state index < -0.39 is 0 Å². The molecular formula is C11H12ClN7. The Morgan fingerprint density at radius 1 is 1.58 bits per heavy atom. The molecule has 0 aliphatic heterocycles. The van der Waals surface area contributed by atoms with Gasteiger partial charge in [0, 0.05) is 25.7 Å². The molecule has 0 saturated heterocycles. The first-order chi connectivity index (χ1) is 9.11. The maximum atomic E-state index is 8.77. The van der Waals surface area contributed by atoms with Crippen LogP contribution in [0.1, 0.15) is 24.2 Å². The van der Waals surface area contributed by atoms with Gasteiger partial charge in [-0.2, -0.15) is 10.5 Å². The Balaban J connectivity index is 2.12. The lowest BCUT2D eigenvalue weighted by molar-refractivity contribution is 0.682. The van der Waals surface area contributed by atoms with Crippen molar-refractivity contribution in [3.63, 3.8) is 0 Å². The highest BCUT2D eigenvalue weighted by Crippen LogP contribution is 2.24. The summed E-state index contributed by atoms with van der Waals surface area (Å²) in [5, 5.41) is 23.1. The van der Waals surface area contributed by atoms with E-state index in [9.17, 15) is 0 Å². The highest BCUT2D eigenvalue weighted by Gasteiger charge is 2.16. The van der Waals surface area contributed by atoms with Crippen molar-refractivity contribution in [3.8, 4) is 6.07 Å². The molecule has 2 rings (SSSR count). The minimum atomic E-state index is 0.0808. The van der Waals surface area contributed by atoms with Gasteiger partial charge in [0.1, 0.15) is 11.9 Å². The van der Waals surface area contributed by atoms with Gasteiger partial charge in [0.2, 0.25) is 0 Å². The number of aromatic nitrogens is 5. The van der Waals surface area contributed by atoms with Gasteiger partial charge in [0.15, 0.2) is 5.82 Å². The number of nitriles is 1. The monoisotopic (exact) mass is 277 g/mol. The summed E-state index contributed by atoms with van der Waals surface area (Å²) in [5.74, 6) is 1.34. The number of likely N-dealkylation sites (N-methyl/N-ethyl adjacent to an activating group) is 1. The van der Waals surface area contributed by atoms with E-state index >= 15 is 0 Å². The molecule has 0 fully saturated rings. The molecule has 7 nitrogen and oxygen atoms in total. The molecule has 98 valence electrons. The first-order valence-electron chi connectivity index (χ1n) is 5.62. The van der Waals surface area contributed by atoms with Crippen LogP contribution >= 0.6 is 11.6 Å². The van der Waals surface area contributed by atoms with Crippen LogP contribution in [0.25, 0.3) is 0 Å². The summed E-state index contributed by atoms with van der Waals surface area (Å²) in [4.78, 5) is 6.08. The predicted octanol–water partition coefficient (Wildman–Crippen LogP) is 1.36. The lowest BCUT2D eigenvalue weighted by Gasteiger charge is -2.21. The van der Waals surface area contributed by atoms with E-state index in [1.165, 1.54) is 6.20 Å². The maximum absolute atomic E-state index is 8.77.